The average Bonchev–Trinajstić information content (AvgIpc) is 3.25. The Hall–Kier alpha value is -3.34. The first-order valence-corrected chi connectivity index (χ1v) is 11.0. The van der Waals surface area contributed by atoms with Crippen LogP contribution in [0.25, 0.3) is 17.2 Å². The van der Waals surface area contributed by atoms with Crippen LogP contribution in [-0.2, 0) is 11.3 Å². The molecule has 1 heterocycles. The van der Waals surface area contributed by atoms with Crippen LogP contribution in [0, 0.1) is 6.92 Å². The zero-order valence-electron chi connectivity index (χ0n) is 18.1. The van der Waals surface area contributed by atoms with E-state index in [9.17, 15) is 4.79 Å². The van der Waals surface area contributed by atoms with Crippen molar-refractivity contribution < 1.29 is 9.90 Å². The molecule has 0 unspecified atom stereocenters. The Kier molecular flexibility index (Phi) is 6.45. The van der Waals surface area contributed by atoms with Gasteiger partial charge >= 0.3 is 5.97 Å². The van der Waals surface area contributed by atoms with Crippen molar-refractivity contribution in [3.05, 3.63) is 105 Å². The SMILES string of the molecule is CC/C(=C(/c1ccc(/C=C/C(=O)O)cc1)c1ccc2c(c1)CNN2)c1c(C)cccc1Cl. The van der Waals surface area contributed by atoms with Gasteiger partial charge in [-0.3, -0.25) is 0 Å². The van der Waals surface area contributed by atoms with E-state index in [-0.39, 0.29) is 0 Å². The minimum Gasteiger partial charge on any atom is -0.478 e. The Labute approximate surface area is 193 Å². The predicted molar refractivity (Wildman–Crippen MR) is 132 cm³/mol. The van der Waals surface area contributed by atoms with Gasteiger partial charge in [-0.2, -0.15) is 0 Å². The van der Waals surface area contributed by atoms with Crippen LogP contribution in [0.1, 0.15) is 46.7 Å². The van der Waals surface area contributed by atoms with Gasteiger partial charge in [0.2, 0.25) is 0 Å². The van der Waals surface area contributed by atoms with Crippen LogP contribution in [0.4, 0.5) is 5.69 Å². The smallest absolute Gasteiger partial charge is 0.328 e. The number of carbonyl (C=O) groups is 1. The summed E-state index contributed by atoms with van der Waals surface area (Å²) in [6.45, 7) is 5.01. The van der Waals surface area contributed by atoms with E-state index < -0.39 is 5.97 Å². The third kappa shape index (κ3) is 4.47. The molecule has 1 aliphatic rings. The van der Waals surface area contributed by atoms with Gasteiger partial charge in [0.25, 0.3) is 0 Å². The van der Waals surface area contributed by atoms with Gasteiger partial charge in [-0.1, -0.05) is 61.0 Å². The number of fused-ring (bicyclic) bond motifs is 1. The van der Waals surface area contributed by atoms with Gasteiger partial charge in [0.1, 0.15) is 0 Å². The van der Waals surface area contributed by atoms with Crippen LogP contribution in [0.2, 0.25) is 5.02 Å². The highest BCUT2D eigenvalue weighted by Crippen LogP contribution is 2.39. The second-order valence-electron chi connectivity index (χ2n) is 7.78. The Morgan fingerprint density at radius 2 is 1.84 bits per heavy atom. The summed E-state index contributed by atoms with van der Waals surface area (Å²) < 4.78 is 0. The third-order valence-corrected chi connectivity index (χ3v) is 6.01. The lowest BCUT2D eigenvalue weighted by atomic mass is 9.86. The van der Waals surface area contributed by atoms with Gasteiger partial charge < -0.3 is 10.5 Å². The Morgan fingerprint density at radius 3 is 2.53 bits per heavy atom. The molecule has 0 aliphatic carbocycles. The van der Waals surface area contributed by atoms with E-state index in [0.717, 1.165) is 63.1 Å². The fraction of sp³-hybridized carbons (Fsp3) is 0.148. The van der Waals surface area contributed by atoms with E-state index in [4.69, 9.17) is 16.7 Å². The number of anilines is 1. The topological polar surface area (TPSA) is 61.4 Å². The monoisotopic (exact) mass is 444 g/mol. The van der Waals surface area contributed by atoms with Crippen molar-refractivity contribution in [2.45, 2.75) is 26.8 Å². The summed E-state index contributed by atoms with van der Waals surface area (Å²) in [5.41, 5.74) is 16.2. The normalized spacial score (nSPS) is 13.6. The van der Waals surface area contributed by atoms with E-state index >= 15 is 0 Å². The molecule has 0 saturated heterocycles. The lowest BCUT2D eigenvalue weighted by molar-refractivity contribution is -0.131. The van der Waals surface area contributed by atoms with Crippen molar-refractivity contribution in [3.8, 4) is 0 Å². The molecule has 32 heavy (non-hydrogen) atoms. The Bertz CT molecular complexity index is 1210. The molecule has 3 aromatic rings. The number of carboxylic acid groups (broad SMARTS) is 1. The Balaban J connectivity index is 1.93. The average molecular weight is 445 g/mol. The number of hydrazine groups is 1. The summed E-state index contributed by atoms with van der Waals surface area (Å²) in [6, 6.07) is 20.4. The maximum absolute atomic E-state index is 10.9. The Morgan fingerprint density at radius 1 is 1.09 bits per heavy atom. The van der Waals surface area contributed by atoms with Gasteiger partial charge in [-0.15, -0.1) is 0 Å². The van der Waals surface area contributed by atoms with Crippen molar-refractivity contribution >= 4 is 40.5 Å². The predicted octanol–water partition coefficient (Wildman–Crippen LogP) is 6.55. The fourth-order valence-electron chi connectivity index (χ4n) is 4.19. The number of carboxylic acids is 1. The summed E-state index contributed by atoms with van der Waals surface area (Å²) >= 11 is 6.69. The molecule has 162 valence electrons. The van der Waals surface area contributed by atoms with E-state index in [1.165, 1.54) is 11.1 Å². The molecule has 0 atom stereocenters. The molecule has 3 aromatic carbocycles. The molecule has 0 fully saturated rings. The maximum atomic E-state index is 10.9. The molecule has 0 aromatic heterocycles. The second-order valence-corrected chi connectivity index (χ2v) is 8.19. The summed E-state index contributed by atoms with van der Waals surface area (Å²) in [7, 11) is 0. The highest BCUT2D eigenvalue weighted by atomic mass is 35.5. The van der Waals surface area contributed by atoms with Gasteiger partial charge in [0.15, 0.2) is 0 Å². The zero-order chi connectivity index (χ0) is 22.7. The maximum Gasteiger partial charge on any atom is 0.328 e. The number of halogens is 1. The van der Waals surface area contributed by atoms with Crippen LogP contribution in [-0.4, -0.2) is 11.1 Å². The lowest BCUT2D eigenvalue weighted by Crippen LogP contribution is -2.10. The molecular formula is C27H25ClN2O2. The van der Waals surface area contributed by atoms with Crippen molar-refractivity contribution in [1.29, 1.82) is 0 Å². The molecule has 0 radical (unpaired) electrons. The van der Waals surface area contributed by atoms with E-state index in [2.05, 4.69) is 49.0 Å². The van der Waals surface area contributed by atoms with Gasteiger partial charge in [-0.25, -0.2) is 10.2 Å². The minimum absolute atomic E-state index is 0.741. The van der Waals surface area contributed by atoms with Crippen LogP contribution >= 0.6 is 11.6 Å². The minimum atomic E-state index is -0.961. The van der Waals surface area contributed by atoms with Gasteiger partial charge in [0, 0.05) is 17.6 Å². The fourth-order valence-corrected chi connectivity index (χ4v) is 4.52. The zero-order valence-corrected chi connectivity index (χ0v) is 18.8. The summed E-state index contributed by atoms with van der Waals surface area (Å²) in [6.07, 6.45) is 3.56. The largest absolute Gasteiger partial charge is 0.478 e. The van der Waals surface area contributed by atoms with Gasteiger partial charge in [0.05, 0.1) is 5.69 Å². The molecule has 5 heteroatoms. The summed E-state index contributed by atoms with van der Waals surface area (Å²) in [5, 5.41) is 9.65. The molecule has 1 aliphatic heterocycles. The highest BCUT2D eigenvalue weighted by molar-refractivity contribution is 6.33. The first kappa shape index (κ1) is 21.9. The third-order valence-electron chi connectivity index (χ3n) is 5.69. The highest BCUT2D eigenvalue weighted by Gasteiger charge is 2.19. The van der Waals surface area contributed by atoms with Crippen LogP contribution < -0.4 is 10.9 Å². The number of nitrogens with one attached hydrogen (secondary N) is 2. The van der Waals surface area contributed by atoms with E-state index in [0.29, 0.717) is 0 Å². The summed E-state index contributed by atoms with van der Waals surface area (Å²) in [5.74, 6) is -0.961. The van der Waals surface area contributed by atoms with Crippen molar-refractivity contribution in [2.24, 2.45) is 0 Å². The summed E-state index contributed by atoms with van der Waals surface area (Å²) in [4.78, 5) is 10.9. The quantitative estimate of drug-likeness (QED) is 0.298. The van der Waals surface area contributed by atoms with Crippen molar-refractivity contribution in [2.75, 3.05) is 5.43 Å². The first-order valence-electron chi connectivity index (χ1n) is 10.6. The number of rotatable bonds is 6. The number of hydrogen-bond donors (Lipinski definition) is 3. The molecule has 4 nitrogen and oxygen atoms in total. The number of aliphatic carboxylic acids is 1. The van der Waals surface area contributed by atoms with Crippen LogP contribution in [0.3, 0.4) is 0 Å². The molecule has 0 saturated carbocycles. The number of aryl methyl sites for hydroxylation is 1. The van der Waals surface area contributed by atoms with Crippen molar-refractivity contribution in [1.82, 2.24) is 5.43 Å². The van der Waals surface area contributed by atoms with Crippen molar-refractivity contribution in [3.63, 3.8) is 0 Å². The molecule has 4 rings (SSSR count). The van der Waals surface area contributed by atoms with Gasteiger partial charge in [-0.05, 0) is 82.1 Å². The van der Waals surface area contributed by atoms with E-state index in [1.807, 2.05) is 36.4 Å². The molecule has 0 amide bonds. The second kappa shape index (κ2) is 9.43. The van der Waals surface area contributed by atoms with E-state index in [1.54, 1.807) is 6.08 Å². The van der Waals surface area contributed by atoms with Crippen LogP contribution in [0.15, 0.2) is 66.7 Å². The van der Waals surface area contributed by atoms with Crippen LogP contribution in [0.5, 0.6) is 0 Å². The number of benzene rings is 3. The molecule has 3 N–H and O–H groups in total. The molecule has 0 bridgehead atoms. The lowest BCUT2D eigenvalue weighted by Gasteiger charge is -2.19. The standard InChI is InChI=1S/C27H25ClN2O2/c1-3-22(26-17(2)5-4-6-23(26)28)27(20-12-13-24-21(15-20)16-29-30-24)19-10-7-18(8-11-19)9-14-25(31)32/h4-15,29-30H,3,16H2,1-2H3,(H,31,32)/b14-9+,27-22+. The number of allylic oxidation sites excluding steroid dienone is 1. The molecule has 0 spiro atoms. The first-order chi connectivity index (χ1) is 15.5. The number of hydrogen-bond acceptors (Lipinski definition) is 3. The molecular weight excluding hydrogens is 420 g/mol.